The van der Waals surface area contributed by atoms with E-state index in [1.807, 2.05) is 19.1 Å². The molecule has 68 valence electrons. The summed E-state index contributed by atoms with van der Waals surface area (Å²) < 4.78 is 0. The van der Waals surface area contributed by atoms with Crippen LogP contribution in [-0.2, 0) is 5.41 Å². The van der Waals surface area contributed by atoms with E-state index in [0.717, 1.165) is 5.69 Å². The summed E-state index contributed by atoms with van der Waals surface area (Å²) in [4.78, 5) is 3.46. The molecule has 0 aromatic heterocycles. The molecule has 0 amide bonds. The van der Waals surface area contributed by atoms with Crippen LogP contribution >= 0.6 is 0 Å². The Morgan fingerprint density at radius 1 is 1.15 bits per heavy atom. The number of rotatable bonds is 0. The van der Waals surface area contributed by atoms with Crippen LogP contribution < -0.4 is 0 Å². The molecule has 0 unspecified atom stereocenters. The molecule has 0 N–H and O–H groups in total. The molecule has 0 aliphatic heterocycles. The standard InChI is InChI=1S/C12H15N/c1-9-6-10(12(2,3)4)8-11(7-9)13-5/h6-8H,1-4H3. The van der Waals surface area contributed by atoms with Crippen LogP contribution in [0.1, 0.15) is 31.9 Å². The Kier molecular flexibility index (Phi) is 2.43. The van der Waals surface area contributed by atoms with E-state index in [1.54, 1.807) is 0 Å². The molecule has 0 heterocycles. The second kappa shape index (κ2) is 3.22. The van der Waals surface area contributed by atoms with Crippen LogP contribution in [0.2, 0.25) is 0 Å². The lowest BCUT2D eigenvalue weighted by atomic mass is 9.86. The van der Waals surface area contributed by atoms with Crippen molar-refractivity contribution >= 4 is 5.69 Å². The van der Waals surface area contributed by atoms with Crippen LogP contribution in [-0.4, -0.2) is 0 Å². The minimum Gasteiger partial charge on any atom is -0.238 e. The fraction of sp³-hybridized carbons (Fsp3) is 0.417. The van der Waals surface area contributed by atoms with Gasteiger partial charge in [0.1, 0.15) is 0 Å². The molecule has 1 nitrogen and oxygen atoms in total. The number of hydrogen-bond donors (Lipinski definition) is 0. The molecule has 0 fully saturated rings. The van der Waals surface area contributed by atoms with E-state index in [9.17, 15) is 0 Å². The zero-order chi connectivity index (χ0) is 10.1. The van der Waals surface area contributed by atoms with Gasteiger partial charge in [-0.25, -0.2) is 4.85 Å². The van der Waals surface area contributed by atoms with Crippen LogP contribution in [0.25, 0.3) is 4.85 Å². The van der Waals surface area contributed by atoms with Gasteiger partial charge in [0.15, 0.2) is 5.69 Å². The van der Waals surface area contributed by atoms with Crippen LogP contribution in [0.5, 0.6) is 0 Å². The molecule has 0 atom stereocenters. The van der Waals surface area contributed by atoms with Crippen molar-refractivity contribution in [2.75, 3.05) is 0 Å². The Labute approximate surface area is 80.2 Å². The Bertz CT molecular complexity index is 350. The second-order valence-electron chi connectivity index (χ2n) is 4.42. The predicted octanol–water partition coefficient (Wildman–Crippen LogP) is 3.84. The van der Waals surface area contributed by atoms with Crippen molar-refractivity contribution in [3.05, 3.63) is 40.7 Å². The molecule has 1 rings (SSSR count). The summed E-state index contributed by atoms with van der Waals surface area (Å²) in [5.41, 5.74) is 3.27. The highest BCUT2D eigenvalue weighted by Crippen LogP contribution is 2.27. The van der Waals surface area contributed by atoms with Gasteiger partial charge < -0.3 is 0 Å². The number of nitrogens with zero attached hydrogens (tertiary/aromatic N) is 1. The summed E-state index contributed by atoms with van der Waals surface area (Å²) in [7, 11) is 0. The zero-order valence-corrected chi connectivity index (χ0v) is 8.68. The maximum Gasteiger partial charge on any atom is 0.187 e. The number of aryl methyl sites for hydroxylation is 1. The predicted molar refractivity (Wildman–Crippen MR) is 56.1 cm³/mol. The van der Waals surface area contributed by atoms with Crippen molar-refractivity contribution in [3.8, 4) is 0 Å². The summed E-state index contributed by atoms with van der Waals surface area (Å²) in [6.07, 6.45) is 0. The minimum absolute atomic E-state index is 0.130. The van der Waals surface area contributed by atoms with Gasteiger partial charge in [-0.3, -0.25) is 0 Å². The van der Waals surface area contributed by atoms with Gasteiger partial charge in [-0.05, 0) is 12.3 Å². The fourth-order valence-electron chi connectivity index (χ4n) is 1.26. The van der Waals surface area contributed by atoms with E-state index >= 15 is 0 Å². The molecule has 1 aromatic rings. The average Bonchev–Trinajstić information content (AvgIpc) is 2.01. The highest BCUT2D eigenvalue weighted by atomic mass is 14.6. The topological polar surface area (TPSA) is 4.36 Å². The maximum atomic E-state index is 6.97. The molecule has 1 heteroatoms. The average molecular weight is 173 g/mol. The Hall–Kier alpha value is -1.29. The summed E-state index contributed by atoms with van der Waals surface area (Å²) in [5.74, 6) is 0. The van der Waals surface area contributed by atoms with E-state index in [2.05, 4.69) is 31.7 Å². The van der Waals surface area contributed by atoms with Gasteiger partial charge in [-0.1, -0.05) is 50.1 Å². The molecule has 0 spiro atoms. The SMILES string of the molecule is [C-]#[N+]c1cc(C)cc(C(C)(C)C)c1. The normalized spacial score (nSPS) is 11.0. The van der Waals surface area contributed by atoms with Gasteiger partial charge in [0.05, 0.1) is 6.57 Å². The smallest absolute Gasteiger partial charge is 0.187 e. The third kappa shape index (κ3) is 2.32. The summed E-state index contributed by atoms with van der Waals surface area (Å²) >= 11 is 0. The lowest BCUT2D eigenvalue weighted by Gasteiger charge is -2.19. The van der Waals surface area contributed by atoms with Crippen molar-refractivity contribution < 1.29 is 0 Å². The van der Waals surface area contributed by atoms with Gasteiger partial charge in [0.2, 0.25) is 0 Å². The van der Waals surface area contributed by atoms with Gasteiger partial charge in [-0.2, -0.15) is 0 Å². The largest absolute Gasteiger partial charge is 0.238 e. The van der Waals surface area contributed by atoms with E-state index in [-0.39, 0.29) is 5.41 Å². The minimum atomic E-state index is 0.130. The van der Waals surface area contributed by atoms with Gasteiger partial charge in [0.25, 0.3) is 0 Å². The molecule has 13 heavy (non-hydrogen) atoms. The van der Waals surface area contributed by atoms with Crippen molar-refractivity contribution in [1.29, 1.82) is 0 Å². The van der Waals surface area contributed by atoms with Gasteiger partial charge in [-0.15, -0.1) is 0 Å². The molecule has 0 bridgehead atoms. The number of benzene rings is 1. The number of hydrogen-bond acceptors (Lipinski definition) is 0. The van der Waals surface area contributed by atoms with Crippen LogP contribution in [0.15, 0.2) is 18.2 Å². The first kappa shape index (κ1) is 9.80. The summed E-state index contributed by atoms with van der Waals surface area (Å²) in [5, 5.41) is 0. The Balaban J connectivity index is 3.26. The first-order valence-electron chi connectivity index (χ1n) is 4.43. The fourth-order valence-corrected chi connectivity index (χ4v) is 1.26. The van der Waals surface area contributed by atoms with Crippen molar-refractivity contribution in [2.24, 2.45) is 0 Å². The molecule has 0 radical (unpaired) electrons. The second-order valence-corrected chi connectivity index (χ2v) is 4.42. The summed E-state index contributed by atoms with van der Waals surface area (Å²) in [6.45, 7) is 15.5. The van der Waals surface area contributed by atoms with E-state index in [1.165, 1.54) is 11.1 Å². The van der Waals surface area contributed by atoms with Crippen LogP contribution in [0, 0.1) is 13.5 Å². The monoisotopic (exact) mass is 173 g/mol. The molecule has 0 aliphatic carbocycles. The van der Waals surface area contributed by atoms with Crippen LogP contribution in [0.3, 0.4) is 0 Å². The molecule has 0 saturated heterocycles. The van der Waals surface area contributed by atoms with Crippen LogP contribution in [0.4, 0.5) is 5.69 Å². The Morgan fingerprint density at radius 2 is 1.77 bits per heavy atom. The van der Waals surface area contributed by atoms with Crippen molar-refractivity contribution in [1.82, 2.24) is 0 Å². The highest BCUT2D eigenvalue weighted by Gasteiger charge is 2.14. The third-order valence-corrected chi connectivity index (χ3v) is 2.06. The molecule has 0 aliphatic rings. The quantitative estimate of drug-likeness (QED) is 0.525. The Morgan fingerprint density at radius 3 is 2.23 bits per heavy atom. The van der Waals surface area contributed by atoms with Crippen molar-refractivity contribution in [3.63, 3.8) is 0 Å². The third-order valence-electron chi connectivity index (χ3n) is 2.06. The summed E-state index contributed by atoms with van der Waals surface area (Å²) in [6, 6.07) is 6.04. The first-order valence-corrected chi connectivity index (χ1v) is 4.43. The molecule has 0 saturated carbocycles. The van der Waals surface area contributed by atoms with Gasteiger partial charge >= 0.3 is 0 Å². The molecular formula is C12H15N. The zero-order valence-electron chi connectivity index (χ0n) is 8.68. The highest BCUT2D eigenvalue weighted by molar-refractivity contribution is 5.50. The van der Waals surface area contributed by atoms with Gasteiger partial charge in [0, 0.05) is 0 Å². The molecule has 1 aromatic carbocycles. The van der Waals surface area contributed by atoms with E-state index in [4.69, 9.17) is 6.57 Å². The molecular weight excluding hydrogens is 158 g/mol. The van der Waals surface area contributed by atoms with Crippen molar-refractivity contribution in [2.45, 2.75) is 33.1 Å². The maximum absolute atomic E-state index is 6.97. The van der Waals surface area contributed by atoms with E-state index in [0.29, 0.717) is 0 Å². The van der Waals surface area contributed by atoms with E-state index < -0.39 is 0 Å². The first-order chi connectivity index (χ1) is 5.93. The lowest BCUT2D eigenvalue weighted by Crippen LogP contribution is -2.10. The lowest BCUT2D eigenvalue weighted by molar-refractivity contribution is 0.590.